The van der Waals surface area contributed by atoms with E-state index in [0.29, 0.717) is 27.5 Å². The molecule has 1 aliphatic rings. The summed E-state index contributed by atoms with van der Waals surface area (Å²) in [5, 5.41) is 0.904. The summed E-state index contributed by atoms with van der Waals surface area (Å²) < 4.78 is 5.87. The quantitative estimate of drug-likeness (QED) is 0.623. The number of aryl methyl sites for hydroxylation is 1. The Kier molecular flexibility index (Phi) is 4.11. The Morgan fingerprint density at radius 2 is 1.78 bits per heavy atom. The van der Waals surface area contributed by atoms with Crippen LogP contribution in [0.3, 0.4) is 0 Å². The van der Waals surface area contributed by atoms with Crippen LogP contribution in [0.4, 0.5) is 0 Å². The second-order valence-corrected chi connectivity index (χ2v) is 7.82. The lowest BCUT2D eigenvalue weighted by Crippen LogP contribution is -2.25. The molecule has 1 aromatic heterocycles. The average molecular weight is 382 g/mol. The SMILES string of the molecule is Cc1cc2oc3c(c(=O)c2cc1Cl)C(c1ccc(C(C)C)cc1)N(C)C3=O. The molecule has 0 fully saturated rings. The van der Waals surface area contributed by atoms with Crippen LogP contribution in [0.5, 0.6) is 0 Å². The van der Waals surface area contributed by atoms with Gasteiger partial charge in [0.25, 0.3) is 5.91 Å². The number of benzene rings is 2. The Labute approximate surface area is 162 Å². The summed E-state index contributed by atoms with van der Waals surface area (Å²) in [7, 11) is 1.70. The molecule has 4 rings (SSSR count). The number of halogens is 1. The number of carbonyl (C=O) groups excluding carboxylic acids is 1. The van der Waals surface area contributed by atoms with Crippen molar-refractivity contribution in [3.8, 4) is 0 Å². The molecule has 0 spiro atoms. The van der Waals surface area contributed by atoms with Crippen LogP contribution in [0.1, 0.15) is 58.6 Å². The molecule has 0 saturated heterocycles. The summed E-state index contributed by atoms with van der Waals surface area (Å²) in [5.74, 6) is 0.248. The van der Waals surface area contributed by atoms with Crippen molar-refractivity contribution in [3.63, 3.8) is 0 Å². The monoisotopic (exact) mass is 381 g/mol. The van der Waals surface area contributed by atoms with Crippen LogP contribution in [0.2, 0.25) is 5.02 Å². The van der Waals surface area contributed by atoms with Gasteiger partial charge >= 0.3 is 0 Å². The first-order valence-corrected chi connectivity index (χ1v) is 9.31. The maximum Gasteiger partial charge on any atom is 0.290 e. The van der Waals surface area contributed by atoms with E-state index in [1.54, 1.807) is 24.1 Å². The van der Waals surface area contributed by atoms with Crippen LogP contribution in [-0.4, -0.2) is 17.9 Å². The van der Waals surface area contributed by atoms with Crippen molar-refractivity contribution in [3.05, 3.63) is 79.7 Å². The number of carbonyl (C=O) groups is 1. The van der Waals surface area contributed by atoms with Crippen molar-refractivity contribution in [2.45, 2.75) is 32.7 Å². The van der Waals surface area contributed by atoms with E-state index in [0.717, 1.165) is 11.1 Å². The zero-order valence-corrected chi connectivity index (χ0v) is 16.4. The first-order valence-electron chi connectivity index (χ1n) is 8.93. The molecule has 0 aliphatic carbocycles. The lowest BCUT2D eigenvalue weighted by molar-refractivity contribution is 0.0771. The molecular weight excluding hydrogens is 362 g/mol. The van der Waals surface area contributed by atoms with Crippen molar-refractivity contribution < 1.29 is 9.21 Å². The van der Waals surface area contributed by atoms with Crippen LogP contribution >= 0.6 is 11.6 Å². The Hall–Kier alpha value is -2.59. The molecule has 0 N–H and O–H groups in total. The molecule has 5 heteroatoms. The van der Waals surface area contributed by atoms with Crippen molar-refractivity contribution in [1.82, 2.24) is 4.90 Å². The van der Waals surface area contributed by atoms with E-state index in [9.17, 15) is 9.59 Å². The average Bonchev–Trinajstić information content (AvgIpc) is 2.89. The largest absolute Gasteiger partial charge is 0.450 e. The predicted octanol–water partition coefficient (Wildman–Crippen LogP) is 5.05. The summed E-state index contributed by atoms with van der Waals surface area (Å²) in [6.45, 7) is 6.09. The fourth-order valence-corrected chi connectivity index (χ4v) is 3.83. The minimum absolute atomic E-state index is 0.120. The molecule has 0 saturated carbocycles. The van der Waals surface area contributed by atoms with Gasteiger partial charge in [0.2, 0.25) is 5.76 Å². The highest BCUT2D eigenvalue weighted by Gasteiger charge is 2.40. The highest BCUT2D eigenvalue weighted by atomic mass is 35.5. The summed E-state index contributed by atoms with van der Waals surface area (Å²) in [5.41, 5.74) is 3.46. The molecule has 0 radical (unpaired) electrons. The molecule has 0 bridgehead atoms. The normalized spacial score (nSPS) is 16.4. The van der Waals surface area contributed by atoms with Crippen molar-refractivity contribution in [2.75, 3.05) is 7.05 Å². The second kappa shape index (κ2) is 6.24. The molecule has 1 atom stereocenters. The summed E-state index contributed by atoms with van der Waals surface area (Å²) in [4.78, 5) is 27.6. The van der Waals surface area contributed by atoms with Crippen LogP contribution in [0.25, 0.3) is 11.0 Å². The van der Waals surface area contributed by atoms with Crippen molar-refractivity contribution >= 4 is 28.5 Å². The predicted molar refractivity (Wildman–Crippen MR) is 107 cm³/mol. The van der Waals surface area contributed by atoms with E-state index < -0.39 is 6.04 Å². The van der Waals surface area contributed by atoms with E-state index >= 15 is 0 Å². The van der Waals surface area contributed by atoms with Gasteiger partial charge in [0.15, 0.2) is 5.43 Å². The highest BCUT2D eigenvalue weighted by molar-refractivity contribution is 6.32. The van der Waals surface area contributed by atoms with E-state index in [1.807, 2.05) is 31.2 Å². The topological polar surface area (TPSA) is 50.5 Å². The fourth-order valence-electron chi connectivity index (χ4n) is 3.66. The molecule has 3 aromatic rings. The maximum absolute atomic E-state index is 13.2. The molecule has 2 heterocycles. The molecule has 2 aromatic carbocycles. The second-order valence-electron chi connectivity index (χ2n) is 7.41. The first kappa shape index (κ1) is 17.8. The van der Waals surface area contributed by atoms with Gasteiger partial charge in [-0.15, -0.1) is 0 Å². The van der Waals surface area contributed by atoms with E-state index in [2.05, 4.69) is 13.8 Å². The third-order valence-corrected chi connectivity index (χ3v) is 5.71. The van der Waals surface area contributed by atoms with Gasteiger partial charge in [-0.2, -0.15) is 0 Å². The minimum atomic E-state index is -0.463. The van der Waals surface area contributed by atoms with E-state index in [4.69, 9.17) is 16.0 Å². The molecule has 138 valence electrons. The molecule has 1 amide bonds. The van der Waals surface area contributed by atoms with Crippen LogP contribution < -0.4 is 5.43 Å². The van der Waals surface area contributed by atoms with Crippen LogP contribution in [0.15, 0.2) is 45.6 Å². The van der Waals surface area contributed by atoms with Gasteiger partial charge in [-0.1, -0.05) is 49.7 Å². The Bertz CT molecular complexity index is 1130. The van der Waals surface area contributed by atoms with Crippen molar-refractivity contribution in [2.24, 2.45) is 0 Å². The number of amides is 1. The van der Waals surface area contributed by atoms with Crippen molar-refractivity contribution in [1.29, 1.82) is 0 Å². The lowest BCUT2D eigenvalue weighted by Gasteiger charge is -2.20. The van der Waals surface area contributed by atoms with Crippen LogP contribution in [0, 0.1) is 6.92 Å². The number of fused-ring (bicyclic) bond motifs is 2. The Balaban J connectivity index is 1.95. The summed E-state index contributed by atoms with van der Waals surface area (Å²) >= 11 is 6.21. The third kappa shape index (κ3) is 2.67. The Morgan fingerprint density at radius 1 is 1.11 bits per heavy atom. The van der Waals surface area contributed by atoms with E-state index in [1.165, 1.54) is 5.56 Å². The first-order chi connectivity index (χ1) is 12.8. The zero-order chi connectivity index (χ0) is 19.5. The highest BCUT2D eigenvalue weighted by Crippen LogP contribution is 2.37. The van der Waals surface area contributed by atoms with Gasteiger partial charge in [0, 0.05) is 12.1 Å². The molecule has 1 unspecified atom stereocenters. The fraction of sp³-hybridized carbons (Fsp3) is 0.273. The zero-order valence-electron chi connectivity index (χ0n) is 15.7. The lowest BCUT2D eigenvalue weighted by atomic mass is 9.95. The number of nitrogens with zero attached hydrogens (tertiary/aromatic N) is 1. The number of rotatable bonds is 2. The molecule has 1 aliphatic heterocycles. The van der Waals surface area contributed by atoms with Gasteiger partial charge in [-0.25, -0.2) is 0 Å². The van der Waals surface area contributed by atoms with Crippen LogP contribution in [-0.2, 0) is 0 Å². The number of hydrogen-bond acceptors (Lipinski definition) is 3. The van der Waals surface area contributed by atoms with Gasteiger partial charge in [-0.3, -0.25) is 9.59 Å². The molecule has 27 heavy (non-hydrogen) atoms. The van der Waals surface area contributed by atoms with Gasteiger partial charge < -0.3 is 9.32 Å². The van der Waals surface area contributed by atoms with Gasteiger partial charge in [-0.05, 0) is 41.7 Å². The summed E-state index contributed by atoms with van der Waals surface area (Å²) in [6, 6.07) is 10.9. The maximum atomic E-state index is 13.2. The Morgan fingerprint density at radius 3 is 2.41 bits per heavy atom. The standard InChI is InChI=1S/C22H20ClNO3/c1-11(2)13-5-7-14(8-6-13)19-18-20(25)15-10-16(23)12(3)9-17(15)27-21(18)22(26)24(19)4/h5-11,19H,1-4H3. The third-order valence-electron chi connectivity index (χ3n) is 5.30. The number of hydrogen-bond donors (Lipinski definition) is 0. The molecular formula is C22H20ClNO3. The minimum Gasteiger partial charge on any atom is -0.450 e. The van der Waals surface area contributed by atoms with Gasteiger partial charge in [0.05, 0.1) is 17.0 Å². The molecule has 4 nitrogen and oxygen atoms in total. The summed E-state index contributed by atoms with van der Waals surface area (Å²) in [6.07, 6.45) is 0. The van der Waals surface area contributed by atoms with Gasteiger partial charge in [0.1, 0.15) is 5.58 Å². The van der Waals surface area contributed by atoms with E-state index in [-0.39, 0.29) is 17.1 Å². The smallest absolute Gasteiger partial charge is 0.290 e.